The zero-order valence-electron chi connectivity index (χ0n) is 12.7. The monoisotopic (exact) mass is 306 g/mol. The second-order valence-electron chi connectivity index (χ2n) is 6.17. The molecule has 5 heteroatoms. The number of Topliss-reactive ketones (excluding diaryl/α,β-unsaturated/α-hetero) is 1. The van der Waals surface area contributed by atoms with E-state index in [-0.39, 0.29) is 17.9 Å². The van der Waals surface area contributed by atoms with Crippen LogP contribution in [0.15, 0.2) is 0 Å². The van der Waals surface area contributed by atoms with Gasteiger partial charge in [-0.05, 0) is 39.5 Å². The number of nitrogens with zero attached hydrogens (tertiary/aromatic N) is 2. The average molecular weight is 306 g/mol. The Labute approximate surface area is 129 Å². The molecule has 1 aromatic heterocycles. The summed E-state index contributed by atoms with van der Waals surface area (Å²) in [5.41, 5.74) is 0.822. The molecule has 1 aliphatic heterocycles. The molecule has 1 amide bonds. The highest BCUT2D eigenvalue weighted by molar-refractivity contribution is 7.13. The molecule has 2 aliphatic rings. The fourth-order valence-corrected chi connectivity index (χ4v) is 4.62. The number of amides is 1. The first-order valence-corrected chi connectivity index (χ1v) is 8.67. The molecule has 0 bridgehead atoms. The van der Waals surface area contributed by atoms with Crippen LogP contribution < -0.4 is 0 Å². The van der Waals surface area contributed by atoms with Gasteiger partial charge < -0.3 is 4.90 Å². The summed E-state index contributed by atoms with van der Waals surface area (Å²) in [6.07, 6.45) is 5.77. The standard InChI is InChI=1S/C16H22N2O2S/c1-10-15(21-11(2)17-10)16(20)18-9-5-7-13(18)12-6-3-4-8-14(12)19/h12-13H,3-9H2,1-2H3. The van der Waals surface area contributed by atoms with Crippen LogP contribution in [-0.4, -0.2) is 34.2 Å². The highest BCUT2D eigenvalue weighted by Crippen LogP contribution is 2.34. The minimum Gasteiger partial charge on any atom is -0.334 e. The van der Waals surface area contributed by atoms with Crippen LogP contribution in [-0.2, 0) is 4.79 Å². The third-order valence-corrected chi connectivity index (χ3v) is 5.79. The predicted molar refractivity (Wildman–Crippen MR) is 82.6 cm³/mol. The third-order valence-electron chi connectivity index (χ3n) is 4.72. The van der Waals surface area contributed by atoms with E-state index >= 15 is 0 Å². The number of hydrogen-bond donors (Lipinski definition) is 0. The first-order valence-electron chi connectivity index (χ1n) is 7.85. The molecule has 1 aliphatic carbocycles. The Balaban J connectivity index is 1.82. The van der Waals surface area contributed by atoms with Gasteiger partial charge in [0.25, 0.3) is 5.91 Å². The number of carbonyl (C=O) groups is 2. The number of aryl methyl sites for hydroxylation is 2. The largest absolute Gasteiger partial charge is 0.334 e. The van der Waals surface area contributed by atoms with Crippen LogP contribution in [0, 0.1) is 19.8 Å². The predicted octanol–water partition coefficient (Wildman–Crippen LogP) is 3.12. The Kier molecular flexibility index (Phi) is 4.11. The van der Waals surface area contributed by atoms with Gasteiger partial charge in [0.2, 0.25) is 0 Å². The molecule has 0 spiro atoms. The Morgan fingerprint density at radius 3 is 2.71 bits per heavy atom. The number of carbonyl (C=O) groups excluding carboxylic acids is 2. The molecule has 114 valence electrons. The molecule has 0 radical (unpaired) electrons. The van der Waals surface area contributed by atoms with Gasteiger partial charge in [0.1, 0.15) is 10.7 Å². The van der Waals surface area contributed by atoms with Gasteiger partial charge in [-0.2, -0.15) is 0 Å². The maximum atomic E-state index is 12.8. The number of hydrogen-bond acceptors (Lipinski definition) is 4. The lowest BCUT2D eigenvalue weighted by Crippen LogP contribution is -2.43. The second-order valence-corrected chi connectivity index (χ2v) is 7.38. The Hall–Kier alpha value is -1.23. The summed E-state index contributed by atoms with van der Waals surface area (Å²) >= 11 is 1.47. The van der Waals surface area contributed by atoms with Gasteiger partial charge in [-0.25, -0.2) is 4.98 Å². The van der Waals surface area contributed by atoms with Crippen molar-refractivity contribution in [2.75, 3.05) is 6.54 Å². The summed E-state index contributed by atoms with van der Waals surface area (Å²) in [7, 11) is 0. The van der Waals surface area contributed by atoms with E-state index in [2.05, 4.69) is 4.98 Å². The number of aromatic nitrogens is 1. The van der Waals surface area contributed by atoms with Gasteiger partial charge in [0, 0.05) is 24.9 Å². The molecule has 1 aromatic rings. The van der Waals surface area contributed by atoms with Gasteiger partial charge in [-0.1, -0.05) is 6.42 Å². The zero-order valence-corrected chi connectivity index (χ0v) is 13.5. The van der Waals surface area contributed by atoms with Crippen molar-refractivity contribution >= 4 is 23.0 Å². The van der Waals surface area contributed by atoms with E-state index in [1.54, 1.807) is 0 Å². The SMILES string of the molecule is Cc1nc(C)c(C(=O)N2CCCC2C2CCCCC2=O)s1. The Bertz CT molecular complexity index is 567. The van der Waals surface area contributed by atoms with Crippen LogP contribution in [0.2, 0.25) is 0 Å². The van der Waals surface area contributed by atoms with Gasteiger partial charge in [0.05, 0.1) is 10.7 Å². The number of ketones is 1. The van der Waals surface area contributed by atoms with E-state index in [9.17, 15) is 9.59 Å². The van der Waals surface area contributed by atoms with Crippen LogP contribution >= 0.6 is 11.3 Å². The van der Waals surface area contributed by atoms with Crippen molar-refractivity contribution in [3.63, 3.8) is 0 Å². The van der Waals surface area contributed by atoms with Gasteiger partial charge in [-0.3, -0.25) is 9.59 Å². The highest BCUT2D eigenvalue weighted by atomic mass is 32.1. The molecule has 0 N–H and O–H groups in total. The molecule has 0 aromatic carbocycles. The van der Waals surface area contributed by atoms with Crippen molar-refractivity contribution in [3.8, 4) is 0 Å². The average Bonchev–Trinajstić information content (AvgIpc) is 3.05. The molecule has 2 fully saturated rings. The zero-order chi connectivity index (χ0) is 15.0. The first-order chi connectivity index (χ1) is 10.1. The quantitative estimate of drug-likeness (QED) is 0.843. The molecule has 2 unspecified atom stereocenters. The Morgan fingerprint density at radius 2 is 2.05 bits per heavy atom. The van der Waals surface area contributed by atoms with Crippen molar-refractivity contribution in [1.29, 1.82) is 0 Å². The normalized spacial score (nSPS) is 26.4. The van der Waals surface area contributed by atoms with Crippen molar-refractivity contribution in [3.05, 3.63) is 15.6 Å². The van der Waals surface area contributed by atoms with Crippen LogP contribution in [0.3, 0.4) is 0 Å². The van der Waals surface area contributed by atoms with Crippen molar-refractivity contribution in [2.45, 2.75) is 58.4 Å². The fourth-order valence-electron chi connectivity index (χ4n) is 3.74. The summed E-state index contributed by atoms with van der Waals surface area (Å²) in [5.74, 6) is 0.515. The molecule has 1 saturated heterocycles. The van der Waals surface area contributed by atoms with Crippen molar-refractivity contribution in [1.82, 2.24) is 9.88 Å². The fraction of sp³-hybridized carbons (Fsp3) is 0.688. The van der Waals surface area contributed by atoms with Gasteiger partial charge >= 0.3 is 0 Å². The first kappa shape index (κ1) is 14.7. The summed E-state index contributed by atoms with van der Waals surface area (Å²) in [6, 6.07) is 0.118. The van der Waals surface area contributed by atoms with E-state index in [0.717, 1.165) is 54.2 Å². The lowest BCUT2D eigenvalue weighted by Gasteiger charge is -2.32. The van der Waals surface area contributed by atoms with Gasteiger partial charge in [-0.15, -0.1) is 11.3 Å². The summed E-state index contributed by atoms with van der Waals surface area (Å²) in [6.45, 7) is 4.61. The van der Waals surface area contributed by atoms with Crippen LogP contribution in [0.4, 0.5) is 0 Å². The lowest BCUT2D eigenvalue weighted by atomic mass is 9.82. The van der Waals surface area contributed by atoms with Crippen LogP contribution in [0.5, 0.6) is 0 Å². The van der Waals surface area contributed by atoms with Crippen molar-refractivity contribution < 1.29 is 9.59 Å². The van der Waals surface area contributed by atoms with E-state index in [0.29, 0.717) is 12.2 Å². The molecular weight excluding hydrogens is 284 g/mol. The van der Waals surface area contributed by atoms with E-state index in [1.165, 1.54) is 11.3 Å². The van der Waals surface area contributed by atoms with E-state index < -0.39 is 0 Å². The topological polar surface area (TPSA) is 50.3 Å². The van der Waals surface area contributed by atoms with Crippen molar-refractivity contribution in [2.24, 2.45) is 5.92 Å². The van der Waals surface area contributed by atoms with E-state index in [4.69, 9.17) is 0 Å². The second kappa shape index (κ2) is 5.87. The minimum atomic E-state index is 0.0690. The lowest BCUT2D eigenvalue weighted by molar-refractivity contribution is -0.126. The maximum Gasteiger partial charge on any atom is 0.266 e. The van der Waals surface area contributed by atoms with Crippen LogP contribution in [0.25, 0.3) is 0 Å². The number of rotatable bonds is 2. The summed E-state index contributed by atoms with van der Waals surface area (Å²) in [4.78, 5) is 32.1. The number of thiazole rings is 1. The summed E-state index contributed by atoms with van der Waals surface area (Å²) < 4.78 is 0. The minimum absolute atomic E-state index is 0.0690. The molecule has 1 saturated carbocycles. The highest BCUT2D eigenvalue weighted by Gasteiger charge is 2.39. The smallest absolute Gasteiger partial charge is 0.266 e. The molecule has 4 nitrogen and oxygen atoms in total. The third kappa shape index (κ3) is 2.76. The Morgan fingerprint density at radius 1 is 1.24 bits per heavy atom. The molecule has 2 atom stereocenters. The number of likely N-dealkylation sites (tertiary alicyclic amines) is 1. The van der Waals surface area contributed by atoms with E-state index in [1.807, 2.05) is 18.7 Å². The molecular formula is C16H22N2O2S. The maximum absolute atomic E-state index is 12.8. The van der Waals surface area contributed by atoms with Crippen LogP contribution in [0.1, 0.15) is 58.9 Å². The molecule has 2 heterocycles. The molecule has 21 heavy (non-hydrogen) atoms. The summed E-state index contributed by atoms with van der Waals surface area (Å²) in [5, 5.41) is 0.931. The van der Waals surface area contributed by atoms with Gasteiger partial charge in [0.15, 0.2) is 0 Å². The molecule has 3 rings (SSSR count).